The van der Waals surface area contributed by atoms with Gasteiger partial charge in [-0.2, -0.15) is 0 Å². The number of aliphatic imine (C=N–C) groups is 1. The molecule has 1 aromatic rings. The largest absolute Gasteiger partial charge is 0.257 e. The lowest BCUT2D eigenvalue weighted by atomic mass is 10.00. The second-order valence-electron chi connectivity index (χ2n) is 3.63. The van der Waals surface area contributed by atoms with Crippen molar-refractivity contribution in [2.45, 2.75) is 27.2 Å². The third kappa shape index (κ3) is 1.33. The van der Waals surface area contributed by atoms with Gasteiger partial charge in [0.1, 0.15) is 0 Å². The highest BCUT2D eigenvalue weighted by Gasteiger charge is 2.16. The average molecular weight is 238 g/mol. The van der Waals surface area contributed by atoms with Crippen LogP contribution in [0.25, 0.3) is 0 Å². The van der Waals surface area contributed by atoms with Gasteiger partial charge in [-0.05, 0) is 43.5 Å². The fourth-order valence-corrected chi connectivity index (χ4v) is 2.25. The van der Waals surface area contributed by atoms with E-state index >= 15 is 0 Å². The van der Waals surface area contributed by atoms with Crippen LogP contribution in [-0.2, 0) is 6.42 Å². The van der Waals surface area contributed by atoms with E-state index in [0.717, 1.165) is 12.1 Å². The van der Waals surface area contributed by atoms with E-state index in [2.05, 4.69) is 47.8 Å². The molecule has 0 N–H and O–H groups in total. The Bertz CT molecular complexity index is 405. The predicted molar refractivity (Wildman–Crippen MR) is 60.1 cm³/mol. The van der Waals surface area contributed by atoms with Crippen LogP contribution in [-0.4, -0.2) is 5.71 Å². The Hall–Kier alpha value is -0.630. The maximum absolute atomic E-state index is 4.50. The van der Waals surface area contributed by atoms with Gasteiger partial charge in [-0.15, -0.1) is 0 Å². The van der Waals surface area contributed by atoms with Gasteiger partial charge in [0.25, 0.3) is 0 Å². The molecule has 2 heteroatoms. The van der Waals surface area contributed by atoms with Crippen LogP contribution in [0.4, 0.5) is 5.69 Å². The first-order valence-corrected chi connectivity index (χ1v) is 5.21. The predicted octanol–water partition coefficient (Wildman–Crippen LogP) is 3.71. The lowest BCUT2D eigenvalue weighted by molar-refractivity contribution is 1.23. The molecule has 1 aliphatic heterocycles. The molecule has 0 fully saturated rings. The molecule has 2 rings (SSSR count). The van der Waals surface area contributed by atoms with E-state index in [4.69, 9.17) is 0 Å². The minimum absolute atomic E-state index is 1.02. The Balaban J connectivity index is 2.67. The molecule has 0 saturated heterocycles. The Morgan fingerprint density at radius 2 is 1.92 bits per heavy atom. The molecule has 0 spiro atoms. The molecule has 1 heterocycles. The molecular formula is C11H12BrN. The fourth-order valence-electron chi connectivity index (χ4n) is 1.74. The van der Waals surface area contributed by atoms with Crippen molar-refractivity contribution in [1.82, 2.24) is 0 Å². The maximum Gasteiger partial charge on any atom is 0.0678 e. The molecular weight excluding hydrogens is 226 g/mol. The van der Waals surface area contributed by atoms with E-state index in [1.807, 2.05) is 0 Å². The standard InChI is InChI=1S/C11H12BrN/c1-6-4-9-7(2)8(3)10(12)5-11(9)13-6/h5H,4H2,1-3H3. The highest BCUT2D eigenvalue weighted by atomic mass is 79.9. The average Bonchev–Trinajstić information content (AvgIpc) is 2.42. The van der Waals surface area contributed by atoms with E-state index < -0.39 is 0 Å². The highest BCUT2D eigenvalue weighted by molar-refractivity contribution is 9.10. The second-order valence-corrected chi connectivity index (χ2v) is 4.48. The SMILES string of the molecule is CC1=Nc2cc(Br)c(C)c(C)c2C1. The number of halogens is 1. The van der Waals surface area contributed by atoms with Crippen LogP contribution in [0.2, 0.25) is 0 Å². The summed E-state index contributed by atoms with van der Waals surface area (Å²) < 4.78 is 1.17. The fraction of sp³-hybridized carbons (Fsp3) is 0.364. The van der Waals surface area contributed by atoms with Crippen molar-refractivity contribution in [2.75, 3.05) is 0 Å². The Kier molecular flexibility index (Phi) is 2.03. The number of hydrogen-bond acceptors (Lipinski definition) is 1. The van der Waals surface area contributed by atoms with Gasteiger partial charge in [0.15, 0.2) is 0 Å². The minimum Gasteiger partial charge on any atom is -0.257 e. The van der Waals surface area contributed by atoms with Crippen molar-refractivity contribution in [3.63, 3.8) is 0 Å². The monoisotopic (exact) mass is 237 g/mol. The van der Waals surface area contributed by atoms with E-state index in [-0.39, 0.29) is 0 Å². The van der Waals surface area contributed by atoms with Gasteiger partial charge in [0.05, 0.1) is 5.69 Å². The van der Waals surface area contributed by atoms with Crippen LogP contribution in [0.3, 0.4) is 0 Å². The lowest BCUT2D eigenvalue weighted by Crippen LogP contribution is -1.94. The van der Waals surface area contributed by atoms with Crippen molar-refractivity contribution in [1.29, 1.82) is 0 Å². The molecule has 0 unspecified atom stereocenters. The first-order valence-electron chi connectivity index (χ1n) is 4.42. The molecule has 0 aromatic heterocycles. The molecule has 1 aliphatic rings. The summed E-state index contributed by atoms with van der Waals surface area (Å²) in [7, 11) is 0. The van der Waals surface area contributed by atoms with Gasteiger partial charge in [-0.25, -0.2) is 0 Å². The molecule has 0 atom stereocenters. The number of fused-ring (bicyclic) bond motifs is 1. The normalized spacial score (nSPS) is 14.3. The Morgan fingerprint density at radius 3 is 2.62 bits per heavy atom. The number of hydrogen-bond donors (Lipinski definition) is 0. The van der Waals surface area contributed by atoms with Gasteiger partial charge < -0.3 is 0 Å². The first kappa shape index (κ1) is 8.95. The van der Waals surface area contributed by atoms with Crippen LogP contribution in [0.5, 0.6) is 0 Å². The van der Waals surface area contributed by atoms with Crippen molar-refractivity contribution in [3.05, 3.63) is 27.2 Å². The second kappa shape index (κ2) is 2.95. The van der Waals surface area contributed by atoms with E-state index in [0.29, 0.717) is 0 Å². The van der Waals surface area contributed by atoms with E-state index in [9.17, 15) is 0 Å². The summed E-state index contributed by atoms with van der Waals surface area (Å²) in [5.41, 5.74) is 6.48. The number of benzene rings is 1. The minimum atomic E-state index is 1.02. The molecule has 68 valence electrons. The number of nitrogens with zero attached hydrogens (tertiary/aromatic N) is 1. The highest BCUT2D eigenvalue weighted by Crippen LogP contribution is 2.35. The molecule has 0 radical (unpaired) electrons. The summed E-state index contributed by atoms with van der Waals surface area (Å²) in [6.45, 7) is 6.41. The zero-order valence-corrected chi connectivity index (χ0v) is 9.70. The summed E-state index contributed by atoms with van der Waals surface area (Å²) >= 11 is 3.55. The molecule has 0 amide bonds. The van der Waals surface area contributed by atoms with Crippen molar-refractivity contribution >= 4 is 27.3 Å². The van der Waals surface area contributed by atoms with Gasteiger partial charge >= 0.3 is 0 Å². The molecule has 0 saturated carbocycles. The van der Waals surface area contributed by atoms with Crippen LogP contribution >= 0.6 is 15.9 Å². The molecule has 0 aliphatic carbocycles. The zero-order chi connectivity index (χ0) is 9.59. The van der Waals surface area contributed by atoms with Gasteiger partial charge in [-0.3, -0.25) is 4.99 Å². The molecule has 1 aromatic carbocycles. The Labute approximate surface area is 87.0 Å². The zero-order valence-electron chi connectivity index (χ0n) is 8.11. The van der Waals surface area contributed by atoms with E-state index in [1.54, 1.807) is 0 Å². The van der Waals surface area contributed by atoms with Gasteiger partial charge in [0, 0.05) is 16.6 Å². The third-order valence-corrected chi connectivity index (χ3v) is 3.51. The summed E-state index contributed by atoms with van der Waals surface area (Å²) in [4.78, 5) is 4.50. The third-order valence-electron chi connectivity index (χ3n) is 2.69. The molecule has 1 nitrogen and oxygen atoms in total. The first-order chi connectivity index (χ1) is 6.09. The summed E-state index contributed by atoms with van der Waals surface area (Å²) in [6.07, 6.45) is 1.02. The number of rotatable bonds is 0. The van der Waals surface area contributed by atoms with Crippen LogP contribution in [0.15, 0.2) is 15.5 Å². The van der Waals surface area contributed by atoms with Crippen LogP contribution < -0.4 is 0 Å². The summed E-state index contributed by atoms with van der Waals surface area (Å²) in [6, 6.07) is 2.12. The van der Waals surface area contributed by atoms with Crippen LogP contribution in [0, 0.1) is 13.8 Å². The topological polar surface area (TPSA) is 12.4 Å². The lowest BCUT2D eigenvalue weighted by Gasteiger charge is -2.08. The maximum atomic E-state index is 4.50. The van der Waals surface area contributed by atoms with Crippen molar-refractivity contribution in [3.8, 4) is 0 Å². The smallest absolute Gasteiger partial charge is 0.0678 e. The van der Waals surface area contributed by atoms with E-state index in [1.165, 1.54) is 26.9 Å². The molecule has 0 bridgehead atoms. The quantitative estimate of drug-likeness (QED) is 0.653. The van der Waals surface area contributed by atoms with Crippen molar-refractivity contribution in [2.24, 2.45) is 4.99 Å². The van der Waals surface area contributed by atoms with Crippen molar-refractivity contribution < 1.29 is 0 Å². The van der Waals surface area contributed by atoms with Gasteiger partial charge in [-0.1, -0.05) is 15.9 Å². The Morgan fingerprint density at radius 1 is 1.23 bits per heavy atom. The molecule has 13 heavy (non-hydrogen) atoms. The summed E-state index contributed by atoms with van der Waals surface area (Å²) in [5, 5.41) is 0. The summed E-state index contributed by atoms with van der Waals surface area (Å²) in [5.74, 6) is 0. The van der Waals surface area contributed by atoms with Crippen LogP contribution in [0.1, 0.15) is 23.6 Å². The van der Waals surface area contributed by atoms with Gasteiger partial charge in [0.2, 0.25) is 0 Å².